The first-order valence-electron chi connectivity index (χ1n) is 9.88. The molecule has 0 radical (unpaired) electrons. The molecule has 1 saturated carbocycles. The number of nitrogens with zero attached hydrogens (tertiary/aromatic N) is 6. The number of amides is 1. The zero-order valence-corrected chi connectivity index (χ0v) is 17.8. The smallest absolute Gasteiger partial charge is 0.243 e. The summed E-state index contributed by atoms with van der Waals surface area (Å²) in [6.07, 6.45) is 1.45. The van der Waals surface area contributed by atoms with Crippen LogP contribution in [-0.2, 0) is 4.79 Å². The summed E-state index contributed by atoms with van der Waals surface area (Å²) in [5, 5.41) is 24.3. The Morgan fingerprint density at radius 2 is 2.19 bits per heavy atom. The van der Waals surface area contributed by atoms with Crippen LogP contribution in [0.2, 0.25) is 0 Å². The van der Waals surface area contributed by atoms with Gasteiger partial charge >= 0.3 is 0 Å². The predicted octanol–water partition coefficient (Wildman–Crippen LogP) is 3.36. The Bertz CT molecular complexity index is 1240. The van der Waals surface area contributed by atoms with Gasteiger partial charge in [-0.3, -0.25) is 4.79 Å². The first-order chi connectivity index (χ1) is 14.8. The SMILES string of the molecule is Cc1cc(C)c(-n2cc3sc(/N=C4/CN(C(=O)C5(C#N)CC5)C[C@@H]4F)nc3n2)c(O)c1. The third-order valence-corrected chi connectivity index (χ3v) is 6.59. The average Bonchev–Trinajstić information content (AvgIpc) is 3.10. The molecule has 1 N–H and O–H groups in total. The number of aromatic hydroxyl groups is 1. The van der Waals surface area contributed by atoms with Crippen molar-refractivity contribution in [3.63, 3.8) is 0 Å². The molecule has 1 aliphatic heterocycles. The minimum atomic E-state index is -1.37. The summed E-state index contributed by atoms with van der Waals surface area (Å²) in [7, 11) is 0. The van der Waals surface area contributed by atoms with Crippen molar-refractivity contribution in [3.05, 3.63) is 29.5 Å². The van der Waals surface area contributed by atoms with Gasteiger partial charge in [0, 0.05) is 0 Å². The van der Waals surface area contributed by atoms with E-state index in [1.54, 1.807) is 16.9 Å². The lowest BCUT2D eigenvalue weighted by molar-refractivity contribution is -0.133. The second kappa shape index (κ2) is 6.85. The predicted molar refractivity (Wildman–Crippen MR) is 114 cm³/mol. The van der Waals surface area contributed by atoms with Crippen LogP contribution in [0.1, 0.15) is 24.0 Å². The maximum absolute atomic E-state index is 14.5. The third kappa shape index (κ3) is 3.25. The maximum Gasteiger partial charge on any atom is 0.243 e. The van der Waals surface area contributed by atoms with Crippen LogP contribution in [0.3, 0.4) is 0 Å². The van der Waals surface area contributed by atoms with Crippen LogP contribution >= 0.6 is 11.3 Å². The van der Waals surface area contributed by atoms with Gasteiger partial charge in [0.2, 0.25) is 11.0 Å². The summed E-state index contributed by atoms with van der Waals surface area (Å²) in [4.78, 5) is 22.6. The van der Waals surface area contributed by atoms with Gasteiger partial charge in [0.05, 0.1) is 35.8 Å². The summed E-state index contributed by atoms with van der Waals surface area (Å²) in [6.45, 7) is 3.79. The number of aryl methyl sites for hydroxylation is 2. The number of hydrogen-bond donors (Lipinski definition) is 1. The van der Waals surface area contributed by atoms with Gasteiger partial charge in [-0.25, -0.2) is 14.1 Å². The molecule has 3 aromatic rings. The molecule has 5 rings (SSSR count). The van der Waals surface area contributed by atoms with Crippen LogP contribution in [0.5, 0.6) is 5.75 Å². The first-order valence-corrected chi connectivity index (χ1v) is 10.7. The standard InChI is InChI=1S/C21H19FN6O2S/c1-11-5-12(2)17(15(29)6-11)28-9-16-18(26-28)25-20(31-16)24-14-8-27(7-13(14)22)19(30)21(10-23)3-4-21/h5-6,9,13,29H,3-4,7-8H2,1-2H3/b24-14-/t13-/m0/s1. The lowest BCUT2D eigenvalue weighted by atomic mass is 10.1. The number of fused-ring (bicyclic) bond motifs is 1. The van der Waals surface area contributed by atoms with E-state index in [1.807, 2.05) is 19.9 Å². The number of phenols is 1. The quantitative estimate of drug-likeness (QED) is 0.675. The van der Waals surface area contributed by atoms with Crippen LogP contribution in [0, 0.1) is 30.6 Å². The highest BCUT2D eigenvalue weighted by molar-refractivity contribution is 7.21. The van der Waals surface area contributed by atoms with E-state index < -0.39 is 11.6 Å². The molecule has 2 aromatic heterocycles. The molecule has 10 heteroatoms. The zero-order chi connectivity index (χ0) is 21.9. The van der Waals surface area contributed by atoms with Gasteiger partial charge < -0.3 is 10.0 Å². The Morgan fingerprint density at radius 3 is 2.84 bits per heavy atom. The topological polar surface area (TPSA) is 107 Å². The number of thiazole rings is 1. The van der Waals surface area contributed by atoms with Gasteiger partial charge in [-0.15, -0.1) is 5.10 Å². The first kappa shape index (κ1) is 19.6. The van der Waals surface area contributed by atoms with Gasteiger partial charge in [0.1, 0.15) is 16.9 Å². The molecule has 2 fully saturated rings. The summed E-state index contributed by atoms with van der Waals surface area (Å²) < 4.78 is 16.8. The molecule has 1 aromatic carbocycles. The molecule has 0 spiro atoms. The molecule has 8 nitrogen and oxygen atoms in total. The molecule has 0 unspecified atom stereocenters. The van der Waals surface area contributed by atoms with E-state index in [4.69, 9.17) is 0 Å². The number of nitriles is 1. The second-order valence-corrected chi connectivity index (χ2v) is 9.17. The minimum Gasteiger partial charge on any atom is -0.506 e. The number of rotatable bonds is 3. The van der Waals surface area contributed by atoms with Crippen molar-refractivity contribution in [2.45, 2.75) is 32.9 Å². The Kier molecular flexibility index (Phi) is 4.34. The number of carbonyl (C=O) groups is 1. The number of alkyl halides is 1. The van der Waals surface area contributed by atoms with Gasteiger partial charge in [0.25, 0.3) is 0 Å². The number of halogens is 1. The van der Waals surface area contributed by atoms with E-state index in [-0.39, 0.29) is 30.5 Å². The molecule has 1 amide bonds. The van der Waals surface area contributed by atoms with Crippen molar-refractivity contribution in [2.24, 2.45) is 10.4 Å². The van der Waals surface area contributed by atoms with Crippen molar-refractivity contribution in [1.82, 2.24) is 19.7 Å². The van der Waals surface area contributed by atoms with Gasteiger partial charge in [-0.05, 0) is 43.9 Å². The van der Waals surface area contributed by atoms with Crippen molar-refractivity contribution in [1.29, 1.82) is 5.26 Å². The largest absolute Gasteiger partial charge is 0.506 e. The summed E-state index contributed by atoms with van der Waals surface area (Å²) in [6, 6.07) is 5.70. The Labute approximate surface area is 181 Å². The van der Waals surface area contributed by atoms with Crippen molar-refractivity contribution >= 4 is 38.4 Å². The number of hydrogen-bond acceptors (Lipinski definition) is 7. The molecule has 31 heavy (non-hydrogen) atoms. The Balaban J connectivity index is 1.40. The van der Waals surface area contributed by atoms with Crippen molar-refractivity contribution in [2.75, 3.05) is 13.1 Å². The number of benzene rings is 1. The normalized spacial score (nSPS) is 21.0. The fourth-order valence-electron chi connectivity index (χ4n) is 3.95. The highest BCUT2D eigenvalue weighted by atomic mass is 32.1. The van der Waals surface area contributed by atoms with Gasteiger partial charge in [-0.1, -0.05) is 17.4 Å². The molecule has 158 valence electrons. The van der Waals surface area contributed by atoms with E-state index in [2.05, 4.69) is 21.1 Å². The number of aromatic nitrogens is 3. The summed E-state index contributed by atoms with van der Waals surface area (Å²) in [5.74, 6) is -0.174. The van der Waals surface area contributed by atoms with Crippen molar-refractivity contribution in [3.8, 4) is 17.5 Å². The maximum atomic E-state index is 14.5. The lowest BCUT2D eigenvalue weighted by Gasteiger charge is -2.17. The molecule has 2 aliphatic rings. The number of phenolic OH excluding ortho intramolecular Hbond substituents is 1. The minimum absolute atomic E-state index is 0.0666. The van der Waals surface area contributed by atoms with E-state index in [0.717, 1.165) is 15.8 Å². The fraction of sp³-hybridized carbons (Fsp3) is 0.381. The van der Waals surface area contributed by atoms with Crippen LogP contribution in [0.4, 0.5) is 9.52 Å². The average molecular weight is 438 g/mol. The molecular formula is C21H19FN6O2S. The highest BCUT2D eigenvalue weighted by Crippen LogP contribution is 2.47. The summed E-state index contributed by atoms with van der Waals surface area (Å²) in [5.41, 5.74) is 2.15. The van der Waals surface area contributed by atoms with Crippen LogP contribution in [0.15, 0.2) is 23.3 Å². The fourth-order valence-corrected chi connectivity index (χ4v) is 4.77. The van der Waals surface area contributed by atoms with Crippen LogP contribution < -0.4 is 0 Å². The van der Waals surface area contributed by atoms with E-state index in [1.165, 1.54) is 16.2 Å². The molecule has 1 saturated heterocycles. The van der Waals surface area contributed by atoms with Crippen molar-refractivity contribution < 1.29 is 14.3 Å². The van der Waals surface area contributed by atoms with Crippen LogP contribution in [0.25, 0.3) is 16.0 Å². The Hall–Kier alpha value is -3.32. The van der Waals surface area contributed by atoms with E-state index in [0.29, 0.717) is 29.3 Å². The van der Waals surface area contributed by atoms with E-state index >= 15 is 0 Å². The number of aliphatic imine (C=N–C) groups is 1. The van der Waals surface area contributed by atoms with Crippen LogP contribution in [-0.4, -0.2) is 55.7 Å². The number of carbonyl (C=O) groups excluding carboxylic acids is 1. The summed E-state index contributed by atoms with van der Waals surface area (Å²) >= 11 is 1.26. The van der Waals surface area contributed by atoms with Gasteiger partial charge in [-0.2, -0.15) is 10.2 Å². The zero-order valence-electron chi connectivity index (χ0n) is 17.0. The lowest BCUT2D eigenvalue weighted by Crippen LogP contribution is -2.35. The highest BCUT2D eigenvalue weighted by Gasteiger charge is 2.54. The molecule has 0 bridgehead atoms. The molecule has 3 heterocycles. The van der Waals surface area contributed by atoms with E-state index in [9.17, 15) is 19.6 Å². The molecule has 1 aliphatic carbocycles. The Morgan fingerprint density at radius 1 is 1.42 bits per heavy atom. The monoisotopic (exact) mass is 438 g/mol. The van der Waals surface area contributed by atoms with Gasteiger partial charge in [0.15, 0.2) is 11.8 Å². The second-order valence-electron chi connectivity index (χ2n) is 8.16. The molecule has 1 atom stereocenters. The number of likely N-dealkylation sites (tertiary alicyclic amines) is 1. The molecular weight excluding hydrogens is 419 g/mol. The third-order valence-electron chi connectivity index (χ3n) is 5.71.